The highest BCUT2D eigenvalue weighted by Crippen LogP contribution is 2.57. The number of amides is 2. The summed E-state index contributed by atoms with van der Waals surface area (Å²) >= 11 is 12.2. The summed E-state index contributed by atoms with van der Waals surface area (Å²) in [6.45, 7) is 4.13. The zero-order valence-corrected chi connectivity index (χ0v) is 21.4. The number of rotatable bonds is 3. The van der Waals surface area contributed by atoms with Gasteiger partial charge in [0.05, 0.1) is 33.7 Å². The van der Waals surface area contributed by atoms with Crippen LogP contribution in [0.15, 0.2) is 66.7 Å². The molecule has 2 amide bonds. The number of carbonyl (C=O) groups excluding carboxylic acids is 4. The number of hydrogen-bond donors (Lipinski definition) is 0. The van der Waals surface area contributed by atoms with Crippen molar-refractivity contribution in [2.75, 3.05) is 4.90 Å². The molecule has 3 atom stereocenters. The zero-order chi connectivity index (χ0) is 26.2. The molecule has 0 aromatic heterocycles. The van der Waals surface area contributed by atoms with E-state index in [2.05, 4.69) is 13.8 Å². The van der Waals surface area contributed by atoms with Crippen molar-refractivity contribution >= 4 is 52.3 Å². The monoisotopic (exact) mass is 533 g/mol. The average Bonchev–Trinajstić information content (AvgIpc) is 3.46. The second-order valence-electron chi connectivity index (χ2n) is 9.91. The van der Waals surface area contributed by atoms with Crippen molar-refractivity contribution in [3.8, 4) is 0 Å². The lowest BCUT2D eigenvalue weighted by atomic mass is 9.77. The van der Waals surface area contributed by atoms with Gasteiger partial charge in [-0.3, -0.25) is 19.2 Å². The minimum atomic E-state index is -2.12. The van der Waals surface area contributed by atoms with Gasteiger partial charge >= 0.3 is 0 Å². The minimum absolute atomic E-state index is 0.170. The first-order chi connectivity index (χ1) is 17.7. The van der Waals surface area contributed by atoms with Gasteiger partial charge in [-0.15, -0.1) is 0 Å². The lowest BCUT2D eigenvalue weighted by Crippen LogP contribution is -2.51. The van der Waals surface area contributed by atoms with Crippen molar-refractivity contribution in [3.63, 3.8) is 0 Å². The molecule has 6 nitrogen and oxygen atoms in total. The third-order valence-electron chi connectivity index (χ3n) is 7.61. The first kappa shape index (κ1) is 24.0. The molecular weight excluding hydrogens is 513 g/mol. The van der Waals surface area contributed by atoms with Gasteiger partial charge in [0.1, 0.15) is 0 Å². The van der Waals surface area contributed by atoms with Gasteiger partial charge in [-0.2, -0.15) is 0 Å². The lowest BCUT2D eigenvalue weighted by Gasteiger charge is -2.27. The number of nitrogens with zero attached hydrogens (tertiary/aromatic N) is 1. The van der Waals surface area contributed by atoms with E-state index >= 15 is 0 Å². The predicted molar refractivity (Wildman–Crippen MR) is 138 cm³/mol. The van der Waals surface area contributed by atoms with Crippen molar-refractivity contribution < 1.29 is 23.9 Å². The minimum Gasteiger partial charge on any atom is -0.349 e. The van der Waals surface area contributed by atoms with Gasteiger partial charge in [0.15, 0.2) is 0 Å². The smallest absolute Gasteiger partial charge is 0.241 e. The molecule has 6 rings (SSSR count). The van der Waals surface area contributed by atoms with E-state index in [1.807, 2.05) is 24.3 Å². The molecule has 8 heteroatoms. The van der Waals surface area contributed by atoms with Crippen LogP contribution in [0.5, 0.6) is 0 Å². The maximum absolute atomic E-state index is 14.0. The van der Waals surface area contributed by atoms with E-state index in [0.717, 1.165) is 10.5 Å². The van der Waals surface area contributed by atoms with Crippen molar-refractivity contribution in [1.29, 1.82) is 0 Å². The largest absolute Gasteiger partial charge is 0.349 e. The van der Waals surface area contributed by atoms with Gasteiger partial charge in [-0.25, -0.2) is 4.90 Å². The Morgan fingerprint density at radius 3 is 2.00 bits per heavy atom. The first-order valence-corrected chi connectivity index (χ1v) is 12.7. The van der Waals surface area contributed by atoms with E-state index < -0.39 is 46.9 Å². The normalized spacial score (nSPS) is 23.9. The van der Waals surface area contributed by atoms with Crippen LogP contribution < -0.4 is 4.90 Å². The predicted octanol–water partition coefficient (Wildman–Crippen LogP) is 5.81. The van der Waals surface area contributed by atoms with Gasteiger partial charge in [0, 0.05) is 11.1 Å². The Labute approximate surface area is 223 Å². The molecule has 2 fully saturated rings. The molecule has 2 aliphatic heterocycles. The number of Topliss-reactive ketones (excluding diaryl/α,β-unsaturated/α-hetero) is 2. The third-order valence-corrected chi connectivity index (χ3v) is 8.35. The summed E-state index contributed by atoms with van der Waals surface area (Å²) in [6, 6.07) is 18.3. The number of ketones is 2. The van der Waals surface area contributed by atoms with Crippen LogP contribution in [0, 0.1) is 11.8 Å². The molecule has 1 spiro atoms. The van der Waals surface area contributed by atoms with Gasteiger partial charge in [0.25, 0.3) is 0 Å². The molecule has 3 aliphatic rings. The number of fused-ring (bicyclic) bond motifs is 3. The molecular formula is C29H21Cl2NO5. The summed E-state index contributed by atoms with van der Waals surface area (Å²) in [4.78, 5) is 56.5. The Morgan fingerprint density at radius 2 is 1.43 bits per heavy atom. The Morgan fingerprint density at radius 1 is 0.811 bits per heavy atom. The highest BCUT2D eigenvalue weighted by molar-refractivity contribution is 6.42. The Bertz CT molecular complexity index is 1480. The van der Waals surface area contributed by atoms with Crippen molar-refractivity contribution in [2.24, 2.45) is 11.8 Å². The molecule has 2 heterocycles. The molecule has 0 bridgehead atoms. The Balaban J connectivity index is 1.52. The maximum atomic E-state index is 14.0. The summed E-state index contributed by atoms with van der Waals surface area (Å²) in [6.07, 6.45) is -0.974. The van der Waals surface area contributed by atoms with E-state index in [1.54, 1.807) is 24.3 Å². The summed E-state index contributed by atoms with van der Waals surface area (Å²) < 4.78 is 6.32. The quantitative estimate of drug-likeness (QED) is 0.313. The SMILES string of the molecule is CC(C)c1ccc([C@@H]2OC3(C(=O)c4ccccc4C3=O)[C@@H]3C(=O)N(c4ccc(Cl)c(Cl)c4)C(=O)[C@H]32)cc1. The summed E-state index contributed by atoms with van der Waals surface area (Å²) in [5.74, 6) is -4.54. The fourth-order valence-corrected chi connectivity index (χ4v) is 6.06. The molecule has 0 N–H and O–H groups in total. The Kier molecular flexibility index (Phi) is 5.42. The molecule has 3 aromatic rings. The molecule has 0 radical (unpaired) electrons. The summed E-state index contributed by atoms with van der Waals surface area (Å²) in [5, 5.41) is 0.438. The highest BCUT2D eigenvalue weighted by atomic mass is 35.5. The molecule has 2 saturated heterocycles. The van der Waals surface area contributed by atoms with Gasteiger partial charge < -0.3 is 4.74 Å². The van der Waals surface area contributed by atoms with E-state index in [4.69, 9.17) is 27.9 Å². The molecule has 186 valence electrons. The van der Waals surface area contributed by atoms with Crippen LogP contribution in [0.3, 0.4) is 0 Å². The van der Waals surface area contributed by atoms with E-state index in [1.165, 1.54) is 18.2 Å². The van der Waals surface area contributed by atoms with Crippen molar-refractivity contribution in [2.45, 2.75) is 31.5 Å². The standard InChI is InChI=1S/C29H21Cl2NO5/c1-14(2)15-7-9-16(10-8-15)24-22-23(28(36)32(27(22)35)17-11-12-20(30)21(31)13-17)29(37-24)25(33)18-5-3-4-6-19(18)26(29)34/h3-14,22-24H,1-2H3/t22-,23+,24+/m1/s1. The number of imide groups is 1. The molecule has 1 aliphatic carbocycles. The van der Waals surface area contributed by atoms with Crippen LogP contribution in [0.1, 0.15) is 57.7 Å². The number of hydrogen-bond acceptors (Lipinski definition) is 5. The molecule has 0 saturated carbocycles. The maximum Gasteiger partial charge on any atom is 0.241 e. The van der Waals surface area contributed by atoms with Crippen molar-refractivity contribution in [3.05, 3.63) is 99.0 Å². The third kappa shape index (κ3) is 3.22. The summed E-state index contributed by atoms with van der Waals surface area (Å²) in [7, 11) is 0. The van der Waals surface area contributed by atoms with Gasteiger partial charge in [-0.1, -0.05) is 85.6 Å². The second-order valence-corrected chi connectivity index (χ2v) is 10.7. The van der Waals surface area contributed by atoms with E-state index in [0.29, 0.717) is 5.56 Å². The number of ether oxygens (including phenoxy) is 1. The number of carbonyl (C=O) groups is 4. The van der Waals surface area contributed by atoms with Crippen LogP contribution in [-0.2, 0) is 14.3 Å². The number of halogens is 2. The molecule has 0 unspecified atom stereocenters. The number of benzene rings is 3. The summed E-state index contributed by atoms with van der Waals surface area (Å²) in [5.41, 5.74) is 0.182. The average molecular weight is 534 g/mol. The van der Waals surface area contributed by atoms with Crippen LogP contribution in [0.4, 0.5) is 5.69 Å². The van der Waals surface area contributed by atoms with Crippen LogP contribution in [0.25, 0.3) is 0 Å². The fraction of sp³-hybridized carbons (Fsp3) is 0.241. The van der Waals surface area contributed by atoms with Crippen LogP contribution in [-0.4, -0.2) is 29.0 Å². The van der Waals surface area contributed by atoms with E-state index in [9.17, 15) is 19.2 Å². The highest BCUT2D eigenvalue weighted by Gasteiger charge is 2.74. The van der Waals surface area contributed by atoms with Gasteiger partial charge in [-0.05, 0) is 35.2 Å². The topological polar surface area (TPSA) is 80.8 Å². The van der Waals surface area contributed by atoms with Gasteiger partial charge in [0.2, 0.25) is 29.0 Å². The molecule has 3 aromatic carbocycles. The lowest BCUT2D eigenvalue weighted by molar-refractivity contribution is -0.127. The van der Waals surface area contributed by atoms with Crippen LogP contribution >= 0.6 is 23.2 Å². The fourth-order valence-electron chi connectivity index (χ4n) is 5.77. The van der Waals surface area contributed by atoms with E-state index in [-0.39, 0.29) is 32.8 Å². The van der Waals surface area contributed by atoms with Crippen LogP contribution in [0.2, 0.25) is 10.0 Å². The second kappa shape index (κ2) is 8.35. The zero-order valence-electron chi connectivity index (χ0n) is 19.9. The molecule has 37 heavy (non-hydrogen) atoms. The Hall–Kier alpha value is -3.32. The van der Waals surface area contributed by atoms with Crippen molar-refractivity contribution in [1.82, 2.24) is 0 Å². The first-order valence-electron chi connectivity index (χ1n) is 12.0. The number of anilines is 1.